The summed E-state index contributed by atoms with van der Waals surface area (Å²) >= 11 is 8.04. The molecule has 0 bridgehead atoms. The molecule has 1 saturated carbocycles. The van der Waals surface area contributed by atoms with Crippen LogP contribution >= 0.6 is 22.9 Å². The number of allylic oxidation sites excluding steroid dienone is 1. The minimum atomic E-state index is 0.568. The summed E-state index contributed by atoms with van der Waals surface area (Å²) in [6.07, 6.45) is 7.78. The van der Waals surface area contributed by atoms with E-state index >= 15 is 0 Å². The first kappa shape index (κ1) is 13.9. The van der Waals surface area contributed by atoms with Gasteiger partial charge in [-0.15, -0.1) is 11.3 Å². The molecule has 0 saturated heterocycles. The van der Waals surface area contributed by atoms with E-state index < -0.39 is 0 Å². The summed E-state index contributed by atoms with van der Waals surface area (Å²) in [5, 5.41) is 0.732. The van der Waals surface area contributed by atoms with Crippen molar-refractivity contribution in [2.24, 2.45) is 5.92 Å². The molecule has 1 aliphatic carbocycles. The summed E-state index contributed by atoms with van der Waals surface area (Å²) in [6, 6.07) is 10.2. The smallest absolute Gasteiger partial charge is 0.0850 e. The zero-order valence-electron chi connectivity index (χ0n) is 12.0. The molecule has 4 heteroatoms. The lowest BCUT2D eigenvalue weighted by molar-refractivity contribution is 0.401. The van der Waals surface area contributed by atoms with E-state index in [1.165, 1.54) is 35.1 Å². The van der Waals surface area contributed by atoms with Crippen LogP contribution < -0.4 is 0 Å². The molecule has 0 spiro atoms. The number of pyridine rings is 1. The van der Waals surface area contributed by atoms with Gasteiger partial charge in [-0.2, -0.15) is 0 Å². The van der Waals surface area contributed by atoms with Gasteiger partial charge in [-0.25, -0.2) is 4.98 Å². The Hall–Kier alpha value is -1.71. The number of thiazole rings is 1. The number of hydrogen-bond acceptors (Lipinski definition) is 3. The average molecular weight is 327 g/mol. The zero-order valence-corrected chi connectivity index (χ0v) is 13.6. The standard InChI is InChI=1S/C18H15ClN2S/c19-15-5-2-8-20-18(15)14(13-3-1-4-13)9-12-6-7-17-16(10-12)21-11-22-17/h2,5-11,13H,1,3-4H2/b14-9+. The Morgan fingerprint density at radius 3 is 2.91 bits per heavy atom. The molecule has 2 heterocycles. The zero-order chi connectivity index (χ0) is 14.9. The van der Waals surface area contributed by atoms with Gasteiger partial charge in [0.25, 0.3) is 0 Å². The second-order valence-corrected chi connectivity index (χ2v) is 6.93. The first-order valence-corrected chi connectivity index (χ1v) is 8.73. The van der Waals surface area contributed by atoms with Gasteiger partial charge >= 0.3 is 0 Å². The average Bonchev–Trinajstić information content (AvgIpc) is 2.93. The summed E-state index contributed by atoms with van der Waals surface area (Å²) in [4.78, 5) is 8.92. The fraction of sp³-hybridized carbons (Fsp3) is 0.222. The maximum atomic E-state index is 6.37. The van der Waals surface area contributed by atoms with Crippen LogP contribution in [0, 0.1) is 5.92 Å². The molecule has 4 rings (SSSR count). The quantitative estimate of drug-likeness (QED) is 0.618. The van der Waals surface area contributed by atoms with Crippen LogP contribution in [0.25, 0.3) is 21.9 Å². The highest BCUT2D eigenvalue weighted by molar-refractivity contribution is 7.16. The lowest BCUT2D eigenvalue weighted by Gasteiger charge is -2.28. The van der Waals surface area contributed by atoms with Gasteiger partial charge in [0.15, 0.2) is 0 Å². The van der Waals surface area contributed by atoms with E-state index in [2.05, 4.69) is 34.2 Å². The van der Waals surface area contributed by atoms with Crippen molar-refractivity contribution in [2.45, 2.75) is 19.3 Å². The van der Waals surface area contributed by atoms with Gasteiger partial charge in [0, 0.05) is 6.20 Å². The highest BCUT2D eigenvalue weighted by Gasteiger charge is 2.25. The molecule has 0 atom stereocenters. The van der Waals surface area contributed by atoms with E-state index in [0.717, 1.165) is 16.2 Å². The van der Waals surface area contributed by atoms with Crippen LogP contribution in [0.4, 0.5) is 0 Å². The lowest BCUT2D eigenvalue weighted by Crippen LogP contribution is -2.14. The normalized spacial score (nSPS) is 16.0. The van der Waals surface area contributed by atoms with Crippen molar-refractivity contribution < 1.29 is 0 Å². The lowest BCUT2D eigenvalue weighted by atomic mass is 9.77. The van der Waals surface area contributed by atoms with Crippen LogP contribution in [0.5, 0.6) is 0 Å². The van der Waals surface area contributed by atoms with E-state index in [0.29, 0.717) is 5.92 Å². The summed E-state index contributed by atoms with van der Waals surface area (Å²) in [5.41, 5.74) is 6.29. The molecule has 0 N–H and O–H groups in total. The molecule has 0 radical (unpaired) electrons. The number of halogens is 1. The second kappa shape index (κ2) is 5.82. The minimum Gasteiger partial charge on any atom is -0.255 e. The molecule has 22 heavy (non-hydrogen) atoms. The molecule has 0 aliphatic heterocycles. The van der Waals surface area contributed by atoms with Gasteiger partial charge in [0.05, 0.1) is 26.4 Å². The highest BCUT2D eigenvalue weighted by Crippen LogP contribution is 2.41. The maximum absolute atomic E-state index is 6.37. The molecule has 1 fully saturated rings. The van der Waals surface area contributed by atoms with Gasteiger partial charge in [-0.3, -0.25) is 4.98 Å². The van der Waals surface area contributed by atoms with Crippen molar-refractivity contribution in [1.82, 2.24) is 9.97 Å². The van der Waals surface area contributed by atoms with Gasteiger partial charge in [-0.1, -0.05) is 24.1 Å². The molecule has 1 aromatic carbocycles. The molecule has 0 amide bonds. The monoisotopic (exact) mass is 326 g/mol. The number of fused-ring (bicyclic) bond motifs is 1. The predicted molar refractivity (Wildman–Crippen MR) is 94.1 cm³/mol. The molecule has 3 aromatic rings. The number of nitrogens with zero attached hydrogens (tertiary/aromatic N) is 2. The fourth-order valence-corrected chi connectivity index (χ4v) is 3.73. The third-order valence-electron chi connectivity index (χ3n) is 4.25. The number of hydrogen-bond donors (Lipinski definition) is 0. The summed E-state index contributed by atoms with van der Waals surface area (Å²) < 4.78 is 1.22. The van der Waals surface area contributed by atoms with E-state index in [1.54, 1.807) is 11.3 Å². The summed E-state index contributed by atoms with van der Waals surface area (Å²) in [5.74, 6) is 0.568. The molecule has 2 nitrogen and oxygen atoms in total. The first-order valence-electron chi connectivity index (χ1n) is 7.47. The Kier molecular flexibility index (Phi) is 3.68. The van der Waals surface area contributed by atoms with Crippen molar-refractivity contribution in [3.8, 4) is 0 Å². The molecule has 1 aliphatic rings. The van der Waals surface area contributed by atoms with Crippen LogP contribution in [0.15, 0.2) is 42.0 Å². The molecular weight excluding hydrogens is 312 g/mol. The van der Waals surface area contributed by atoms with Crippen LogP contribution in [0.1, 0.15) is 30.5 Å². The molecule has 2 aromatic heterocycles. The Bertz CT molecular complexity index is 849. The van der Waals surface area contributed by atoms with E-state index in [9.17, 15) is 0 Å². The van der Waals surface area contributed by atoms with Gasteiger partial charge in [0.2, 0.25) is 0 Å². The number of benzene rings is 1. The maximum Gasteiger partial charge on any atom is 0.0850 e. The minimum absolute atomic E-state index is 0.568. The summed E-state index contributed by atoms with van der Waals surface area (Å²) in [7, 11) is 0. The van der Waals surface area contributed by atoms with Crippen molar-refractivity contribution in [2.75, 3.05) is 0 Å². The van der Waals surface area contributed by atoms with E-state index in [-0.39, 0.29) is 0 Å². The number of aromatic nitrogens is 2. The largest absolute Gasteiger partial charge is 0.255 e. The summed E-state index contributed by atoms with van der Waals surface area (Å²) in [6.45, 7) is 0. The van der Waals surface area contributed by atoms with Crippen LogP contribution in [0.3, 0.4) is 0 Å². The SMILES string of the molecule is Clc1cccnc1/C(=C/c1ccc2scnc2c1)C1CCC1. The Labute approximate surface area is 138 Å². The third kappa shape index (κ3) is 2.55. The van der Waals surface area contributed by atoms with E-state index in [1.807, 2.05) is 23.8 Å². The Balaban J connectivity index is 1.81. The molecular formula is C18H15ClN2S. The Morgan fingerprint density at radius 2 is 2.14 bits per heavy atom. The molecule has 110 valence electrons. The van der Waals surface area contributed by atoms with Crippen LogP contribution in [-0.4, -0.2) is 9.97 Å². The van der Waals surface area contributed by atoms with Crippen molar-refractivity contribution in [3.05, 3.63) is 58.3 Å². The van der Waals surface area contributed by atoms with Crippen molar-refractivity contribution in [3.63, 3.8) is 0 Å². The van der Waals surface area contributed by atoms with Crippen LogP contribution in [-0.2, 0) is 0 Å². The number of rotatable bonds is 3. The van der Waals surface area contributed by atoms with Crippen LogP contribution in [0.2, 0.25) is 5.02 Å². The topological polar surface area (TPSA) is 25.8 Å². The first-order chi connectivity index (χ1) is 10.8. The predicted octanol–water partition coefficient (Wildman–Crippen LogP) is 5.69. The van der Waals surface area contributed by atoms with Gasteiger partial charge in [-0.05, 0) is 60.2 Å². The fourth-order valence-electron chi connectivity index (χ4n) is 2.84. The van der Waals surface area contributed by atoms with E-state index in [4.69, 9.17) is 11.6 Å². The highest BCUT2D eigenvalue weighted by atomic mass is 35.5. The van der Waals surface area contributed by atoms with Gasteiger partial charge in [0.1, 0.15) is 0 Å². The van der Waals surface area contributed by atoms with Crippen molar-refractivity contribution in [1.29, 1.82) is 0 Å². The third-order valence-corrected chi connectivity index (χ3v) is 5.37. The Morgan fingerprint density at radius 1 is 1.23 bits per heavy atom. The molecule has 0 unspecified atom stereocenters. The van der Waals surface area contributed by atoms with Gasteiger partial charge < -0.3 is 0 Å². The van der Waals surface area contributed by atoms with Crippen molar-refractivity contribution >= 4 is 44.8 Å². The second-order valence-electron chi connectivity index (χ2n) is 5.64.